The zero-order chi connectivity index (χ0) is 7.28. The molecule has 56 valence electrons. The summed E-state index contributed by atoms with van der Waals surface area (Å²) in [6, 6.07) is 0. The minimum Gasteiger partial charge on any atom is -0.365 e. The molecule has 1 unspecified atom stereocenters. The van der Waals surface area contributed by atoms with Crippen molar-refractivity contribution in [3.8, 4) is 0 Å². The molecular weight excluding hydrogens is 132 g/mol. The van der Waals surface area contributed by atoms with Gasteiger partial charge in [-0.05, 0) is 26.5 Å². The summed E-state index contributed by atoms with van der Waals surface area (Å²) in [5.74, 6) is 1.13. The first-order valence-electron chi connectivity index (χ1n) is 3.43. The van der Waals surface area contributed by atoms with Crippen molar-refractivity contribution in [2.45, 2.75) is 39.2 Å². The minimum absolute atomic E-state index is 0.356. The van der Waals surface area contributed by atoms with E-state index >= 15 is 0 Å². The molecule has 0 aromatic heterocycles. The van der Waals surface area contributed by atoms with Crippen LogP contribution in [0.2, 0.25) is 0 Å². The molecule has 0 rings (SSSR count). The van der Waals surface area contributed by atoms with E-state index in [0.717, 1.165) is 5.75 Å². The molecule has 0 aliphatic rings. The number of hydrogen-bond donors (Lipinski definition) is 0. The van der Waals surface area contributed by atoms with Crippen molar-refractivity contribution in [2.75, 3.05) is 5.75 Å². The number of ether oxygens (including phenoxy) is 1. The van der Waals surface area contributed by atoms with Crippen molar-refractivity contribution in [1.29, 1.82) is 0 Å². The molecule has 0 aromatic rings. The lowest BCUT2D eigenvalue weighted by atomic mass is 10.5. The van der Waals surface area contributed by atoms with E-state index in [0.29, 0.717) is 11.5 Å². The van der Waals surface area contributed by atoms with Gasteiger partial charge in [-0.1, -0.05) is 6.92 Å². The Morgan fingerprint density at radius 2 is 1.89 bits per heavy atom. The van der Waals surface area contributed by atoms with Crippen LogP contribution in [0.1, 0.15) is 27.7 Å². The van der Waals surface area contributed by atoms with Crippen LogP contribution in [0.15, 0.2) is 0 Å². The van der Waals surface area contributed by atoms with Crippen LogP contribution in [-0.2, 0) is 4.74 Å². The molecule has 1 nitrogen and oxygen atoms in total. The molecule has 0 aliphatic carbocycles. The fraction of sp³-hybridized carbons (Fsp3) is 1.00. The third-order valence-corrected chi connectivity index (χ3v) is 1.78. The Kier molecular flexibility index (Phi) is 5.30. The lowest BCUT2D eigenvalue weighted by Crippen LogP contribution is -2.10. The number of rotatable bonds is 4. The summed E-state index contributed by atoms with van der Waals surface area (Å²) in [5, 5.41) is 0. The Labute approximate surface area is 62.2 Å². The van der Waals surface area contributed by atoms with Crippen LogP contribution in [0, 0.1) is 0 Å². The molecule has 0 spiro atoms. The van der Waals surface area contributed by atoms with Crippen LogP contribution < -0.4 is 0 Å². The molecule has 2 heteroatoms. The average molecular weight is 148 g/mol. The van der Waals surface area contributed by atoms with E-state index in [1.165, 1.54) is 0 Å². The van der Waals surface area contributed by atoms with E-state index in [-0.39, 0.29) is 0 Å². The van der Waals surface area contributed by atoms with Gasteiger partial charge in [-0.15, -0.1) is 11.8 Å². The van der Waals surface area contributed by atoms with Crippen molar-refractivity contribution in [2.24, 2.45) is 0 Å². The van der Waals surface area contributed by atoms with Gasteiger partial charge in [0.1, 0.15) is 5.44 Å². The van der Waals surface area contributed by atoms with Crippen molar-refractivity contribution < 1.29 is 4.74 Å². The van der Waals surface area contributed by atoms with Crippen LogP contribution in [0.25, 0.3) is 0 Å². The zero-order valence-electron chi connectivity index (χ0n) is 6.68. The molecule has 0 aromatic carbocycles. The zero-order valence-corrected chi connectivity index (χ0v) is 7.49. The van der Waals surface area contributed by atoms with Gasteiger partial charge >= 0.3 is 0 Å². The van der Waals surface area contributed by atoms with E-state index in [2.05, 4.69) is 27.7 Å². The maximum atomic E-state index is 5.45. The Bertz CT molecular complexity index is 63.9. The summed E-state index contributed by atoms with van der Waals surface area (Å²) >= 11 is 1.84. The molecule has 0 fully saturated rings. The predicted octanol–water partition coefficient (Wildman–Crippen LogP) is 2.51. The summed E-state index contributed by atoms with van der Waals surface area (Å²) in [6.45, 7) is 8.36. The van der Waals surface area contributed by atoms with Gasteiger partial charge in [0.05, 0.1) is 6.10 Å². The standard InChI is InChI=1S/C7H16OS/c1-5-9-7(4)8-6(2)3/h6-7H,5H2,1-4H3. The molecule has 0 radical (unpaired) electrons. The molecule has 1 atom stereocenters. The molecule has 0 bridgehead atoms. The maximum absolute atomic E-state index is 5.45. The van der Waals surface area contributed by atoms with Crippen molar-refractivity contribution in [3.05, 3.63) is 0 Å². The van der Waals surface area contributed by atoms with Crippen LogP contribution in [0.3, 0.4) is 0 Å². The Hall–Kier alpha value is 0.310. The monoisotopic (exact) mass is 148 g/mol. The molecule has 0 heterocycles. The Morgan fingerprint density at radius 1 is 1.33 bits per heavy atom. The fourth-order valence-corrected chi connectivity index (χ4v) is 1.43. The first-order chi connectivity index (χ1) is 4.16. The summed E-state index contributed by atoms with van der Waals surface area (Å²) in [7, 11) is 0. The lowest BCUT2D eigenvalue weighted by molar-refractivity contribution is 0.0691. The number of thioether (sulfide) groups is 1. The average Bonchev–Trinajstić information content (AvgIpc) is 1.63. The summed E-state index contributed by atoms with van der Waals surface area (Å²) in [5.41, 5.74) is 0.356. The van der Waals surface area contributed by atoms with E-state index in [1.54, 1.807) is 0 Å². The highest BCUT2D eigenvalue weighted by Gasteiger charge is 2.01. The molecule has 0 N–H and O–H groups in total. The minimum atomic E-state index is 0.356. The highest BCUT2D eigenvalue weighted by atomic mass is 32.2. The molecule has 9 heavy (non-hydrogen) atoms. The first-order valence-corrected chi connectivity index (χ1v) is 4.48. The summed E-state index contributed by atoms with van der Waals surface area (Å²) in [4.78, 5) is 0. The molecule has 0 saturated carbocycles. The van der Waals surface area contributed by atoms with Gasteiger partial charge < -0.3 is 4.74 Å². The van der Waals surface area contributed by atoms with E-state index < -0.39 is 0 Å². The van der Waals surface area contributed by atoms with Gasteiger partial charge in [-0.3, -0.25) is 0 Å². The lowest BCUT2D eigenvalue weighted by Gasteiger charge is -2.13. The third kappa shape index (κ3) is 6.19. The molecular formula is C7H16OS. The van der Waals surface area contributed by atoms with Crippen LogP contribution in [0.5, 0.6) is 0 Å². The molecule has 0 aliphatic heterocycles. The van der Waals surface area contributed by atoms with Gasteiger partial charge in [-0.25, -0.2) is 0 Å². The third-order valence-electron chi connectivity index (χ3n) is 0.865. The number of hydrogen-bond acceptors (Lipinski definition) is 2. The summed E-state index contributed by atoms with van der Waals surface area (Å²) in [6.07, 6.45) is 0.360. The maximum Gasteiger partial charge on any atom is 0.100 e. The van der Waals surface area contributed by atoms with Gasteiger partial charge in [0, 0.05) is 0 Å². The second-order valence-corrected chi connectivity index (χ2v) is 3.78. The largest absolute Gasteiger partial charge is 0.365 e. The Balaban J connectivity index is 3.15. The van der Waals surface area contributed by atoms with E-state index in [1.807, 2.05) is 11.8 Å². The van der Waals surface area contributed by atoms with Gasteiger partial charge in [0.2, 0.25) is 0 Å². The predicted molar refractivity (Wildman–Crippen MR) is 43.8 cm³/mol. The van der Waals surface area contributed by atoms with Crippen molar-refractivity contribution in [1.82, 2.24) is 0 Å². The van der Waals surface area contributed by atoms with Crippen molar-refractivity contribution >= 4 is 11.8 Å². The van der Waals surface area contributed by atoms with E-state index in [9.17, 15) is 0 Å². The SMILES string of the molecule is CCSC(C)OC(C)C. The van der Waals surface area contributed by atoms with E-state index in [4.69, 9.17) is 4.74 Å². The van der Waals surface area contributed by atoms with Gasteiger partial charge in [0.15, 0.2) is 0 Å². The fourth-order valence-electron chi connectivity index (χ4n) is 0.657. The second kappa shape index (κ2) is 5.12. The van der Waals surface area contributed by atoms with Crippen LogP contribution in [-0.4, -0.2) is 17.3 Å². The quantitative estimate of drug-likeness (QED) is 0.566. The Morgan fingerprint density at radius 3 is 2.22 bits per heavy atom. The smallest absolute Gasteiger partial charge is 0.100 e. The van der Waals surface area contributed by atoms with Gasteiger partial charge in [0.25, 0.3) is 0 Å². The normalized spacial score (nSPS) is 14.3. The first kappa shape index (κ1) is 9.31. The highest BCUT2D eigenvalue weighted by Crippen LogP contribution is 2.12. The molecule has 0 amide bonds. The topological polar surface area (TPSA) is 9.23 Å². The highest BCUT2D eigenvalue weighted by molar-refractivity contribution is 7.99. The second-order valence-electron chi connectivity index (χ2n) is 2.21. The van der Waals surface area contributed by atoms with Gasteiger partial charge in [-0.2, -0.15) is 0 Å². The van der Waals surface area contributed by atoms with Crippen LogP contribution in [0.4, 0.5) is 0 Å². The van der Waals surface area contributed by atoms with Crippen molar-refractivity contribution in [3.63, 3.8) is 0 Å². The molecule has 0 saturated heterocycles. The van der Waals surface area contributed by atoms with Crippen LogP contribution >= 0.6 is 11.8 Å². The summed E-state index contributed by atoms with van der Waals surface area (Å²) < 4.78 is 5.45.